The zero-order valence-corrected chi connectivity index (χ0v) is 20.7. The van der Waals surface area contributed by atoms with Crippen molar-refractivity contribution in [1.82, 2.24) is 19.3 Å². The number of amides is 2. The Morgan fingerprint density at radius 2 is 1.78 bits per heavy atom. The van der Waals surface area contributed by atoms with Crippen molar-refractivity contribution in [2.75, 3.05) is 0 Å². The normalized spacial score (nSPS) is 11.7. The van der Waals surface area contributed by atoms with Crippen LogP contribution in [0, 0.1) is 5.82 Å². The maximum Gasteiger partial charge on any atom is 0.264 e. The van der Waals surface area contributed by atoms with Crippen LogP contribution in [0.3, 0.4) is 0 Å². The van der Waals surface area contributed by atoms with Gasteiger partial charge in [0.05, 0.1) is 10.2 Å². The Kier molecular flexibility index (Phi) is 6.80. The molecule has 0 radical (unpaired) electrons. The number of nitrogens with two attached hydrogens (primary N) is 1. The van der Waals surface area contributed by atoms with Gasteiger partial charge in [0.25, 0.3) is 5.91 Å². The molecule has 2 amide bonds. The van der Waals surface area contributed by atoms with Crippen LogP contribution in [0.1, 0.15) is 22.0 Å². The Morgan fingerprint density at radius 1 is 1.03 bits per heavy atom. The second-order valence-corrected chi connectivity index (χ2v) is 9.36. The summed E-state index contributed by atoms with van der Waals surface area (Å²) in [6.45, 7) is 0. The van der Waals surface area contributed by atoms with E-state index in [1.165, 1.54) is 29.8 Å². The summed E-state index contributed by atoms with van der Waals surface area (Å²) in [7, 11) is 0. The number of carbonyl (C=O) groups is 2. The number of carbonyl (C=O) groups excluding carboxylic acids is 2. The Hall–Kier alpha value is -4.35. The number of pyridine rings is 1. The molecule has 0 spiro atoms. The summed E-state index contributed by atoms with van der Waals surface area (Å²) in [5.74, 6) is -1.90. The van der Waals surface area contributed by atoms with Gasteiger partial charge in [-0.25, -0.2) is 14.4 Å². The molecule has 5 rings (SSSR count). The number of aromatic nitrogens is 3. The van der Waals surface area contributed by atoms with Gasteiger partial charge in [-0.1, -0.05) is 43.1 Å². The lowest BCUT2D eigenvalue weighted by atomic mass is 10.1. The van der Waals surface area contributed by atoms with Crippen LogP contribution in [0.2, 0.25) is 0 Å². The average Bonchev–Trinajstić information content (AvgIpc) is 3.36. The lowest BCUT2D eigenvalue weighted by Gasteiger charge is -2.24. The van der Waals surface area contributed by atoms with Crippen LogP contribution in [0.15, 0.2) is 85.6 Å². The Labute approximate surface area is 220 Å². The molecular formula is C26H18FN5O3S2. The third-order valence-corrected chi connectivity index (χ3v) is 7.06. The number of fused-ring (bicyclic) bond motifs is 1. The maximum absolute atomic E-state index is 15.1. The van der Waals surface area contributed by atoms with Gasteiger partial charge in [0.1, 0.15) is 18.1 Å². The third kappa shape index (κ3) is 4.99. The van der Waals surface area contributed by atoms with Crippen molar-refractivity contribution >= 4 is 46.2 Å². The molecule has 0 aliphatic rings. The molecular weight excluding hydrogens is 513 g/mol. The summed E-state index contributed by atoms with van der Waals surface area (Å²) < 4.78 is 22.5. The molecule has 0 saturated carbocycles. The molecule has 0 bridgehead atoms. The lowest BCUT2D eigenvalue weighted by Crippen LogP contribution is -2.36. The van der Waals surface area contributed by atoms with E-state index in [2.05, 4.69) is 27.8 Å². The highest BCUT2D eigenvalue weighted by atomic mass is 32.1. The second kappa shape index (κ2) is 10.3. The highest BCUT2D eigenvalue weighted by molar-refractivity contribution is 7.78. The number of nitrogens with zero attached hydrogens (tertiary/aromatic N) is 4. The second-order valence-electron chi connectivity index (χ2n) is 7.87. The molecule has 0 saturated heterocycles. The number of thiophene rings is 1. The zero-order valence-electron chi connectivity index (χ0n) is 19.0. The van der Waals surface area contributed by atoms with E-state index in [0.717, 1.165) is 25.5 Å². The molecule has 5 aromatic rings. The number of halogens is 1. The fourth-order valence-electron chi connectivity index (χ4n) is 3.71. The third-order valence-electron chi connectivity index (χ3n) is 5.46. The lowest BCUT2D eigenvalue weighted by molar-refractivity contribution is -0.121. The summed E-state index contributed by atoms with van der Waals surface area (Å²) in [5.41, 5.74) is 7.49. The summed E-state index contributed by atoms with van der Waals surface area (Å²) in [5, 5.41) is 0. The molecule has 0 aliphatic carbocycles. The minimum absolute atomic E-state index is 0.0237. The fourth-order valence-corrected chi connectivity index (χ4v) is 5.11. The van der Waals surface area contributed by atoms with Crippen LogP contribution in [-0.4, -0.2) is 31.1 Å². The molecule has 3 heterocycles. The van der Waals surface area contributed by atoms with Crippen molar-refractivity contribution in [3.63, 3.8) is 0 Å². The number of hydrogen-bond donors (Lipinski definition) is 2. The Balaban J connectivity index is 1.40. The van der Waals surface area contributed by atoms with Crippen molar-refractivity contribution < 1.29 is 18.7 Å². The molecule has 3 aromatic heterocycles. The molecule has 0 aliphatic heterocycles. The van der Waals surface area contributed by atoms with Crippen LogP contribution < -0.4 is 10.5 Å². The first-order chi connectivity index (χ1) is 17.9. The highest BCUT2D eigenvalue weighted by Gasteiger charge is 2.29. The Bertz CT molecular complexity index is 1600. The smallest absolute Gasteiger partial charge is 0.264 e. The van der Waals surface area contributed by atoms with E-state index in [-0.39, 0.29) is 11.3 Å². The maximum atomic E-state index is 15.1. The number of benzene rings is 2. The predicted molar refractivity (Wildman–Crippen MR) is 141 cm³/mol. The van der Waals surface area contributed by atoms with Crippen molar-refractivity contribution in [3.8, 4) is 21.9 Å². The van der Waals surface area contributed by atoms with Gasteiger partial charge in [0.2, 0.25) is 5.91 Å². The molecule has 37 heavy (non-hydrogen) atoms. The summed E-state index contributed by atoms with van der Waals surface area (Å²) in [4.78, 5) is 38.4. The molecule has 184 valence electrons. The molecule has 11 heteroatoms. The first kappa shape index (κ1) is 24.3. The van der Waals surface area contributed by atoms with E-state index in [0.29, 0.717) is 16.8 Å². The van der Waals surface area contributed by atoms with E-state index < -0.39 is 23.7 Å². The van der Waals surface area contributed by atoms with Gasteiger partial charge in [0.15, 0.2) is 11.6 Å². The fraction of sp³-hybridized carbons (Fsp3) is 0.0385. The minimum Gasteiger partial charge on any atom is -0.453 e. The van der Waals surface area contributed by atoms with Crippen molar-refractivity contribution in [2.45, 2.75) is 6.04 Å². The van der Waals surface area contributed by atoms with Gasteiger partial charge < -0.3 is 10.5 Å². The van der Waals surface area contributed by atoms with Gasteiger partial charge in [-0.05, 0) is 29.8 Å². The molecule has 2 N–H and O–H groups in total. The van der Waals surface area contributed by atoms with Gasteiger partial charge in [0, 0.05) is 40.7 Å². The van der Waals surface area contributed by atoms with Crippen LogP contribution >= 0.6 is 24.2 Å². The van der Waals surface area contributed by atoms with Crippen LogP contribution in [0.25, 0.3) is 20.7 Å². The van der Waals surface area contributed by atoms with Crippen molar-refractivity contribution in [1.29, 1.82) is 0 Å². The Morgan fingerprint density at radius 3 is 2.49 bits per heavy atom. The monoisotopic (exact) mass is 531 g/mol. The topological polar surface area (TPSA) is 111 Å². The molecule has 1 unspecified atom stereocenters. The van der Waals surface area contributed by atoms with Crippen molar-refractivity contribution in [2.24, 2.45) is 5.73 Å². The van der Waals surface area contributed by atoms with E-state index in [4.69, 9.17) is 10.5 Å². The number of hydrogen-bond acceptors (Lipinski definition) is 8. The van der Waals surface area contributed by atoms with Crippen molar-refractivity contribution in [3.05, 3.63) is 103 Å². The summed E-state index contributed by atoms with van der Waals surface area (Å²) in [6, 6.07) is 14.6. The standard InChI is InChI=1S/C26H18FN5O3S2/c27-18-10-16(26(34)32(36)23(25(28)33)15-4-2-1-3-5-15)6-7-20(18)35-21-8-9-31-19-11-22(37-24(19)21)17-12-29-14-30-13-17/h1-14,23,36H,(H2,28,33). The number of rotatable bonds is 7. The van der Waals surface area contributed by atoms with E-state index >= 15 is 4.39 Å². The highest BCUT2D eigenvalue weighted by Crippen LogP contribution is 2.39. The first-order valence-electron chi connectivity index (χ1n) is 10.9. The van der Waals surface area contributed by atoms with Crippen LogP contribution in [0.4, 0.5) is 4.39 Å². The first-order valence-corrected chi connectivity index (χ1v) is 12.1. The van der Waals surface area contributed by atoms with E-state index in [1.807, 2.05) is 6.07 Å². The van der Waals surface area contributed by atoms with Gasteiger partial charge in [-0.2, -0.15) is 0 Å². The minimum atomic E-state index is -1.14. The largest absolute Gasteiger partial charge is 0.453 e. The van der Waals surface area contributed by atoms with Gasteiger partial charge in [-0.15, -0.1) is 11.3 Å². The quantitative estimate of drug-likeness (QED) is 0.279. The molecule has 8 nitrogen and oxygen atoms in total. The summed E-state index contributed by atoms with van der Waals surface area (Å²) >= 11 is 5.62. The number of primary amides is 1. The SMILES string of the molecule is NC(=O)C(c1ccccc1)N(S)C(=O)c1ccc(Oc2ccnc3cc(-c4cncnc4)sc23)c(F)c1. The van der Waals surface area contributed by atoms with Crippen LogP contribution in [0.5, 0.6) is 11.5 Å². The van der Waals surface area contributed by atoms with Gasteiger partial charge >= 0.3 is 0 Å². The number of thiol groups is 1. The summed E-state index contributed by atoms with van der Waals surface area (Å²) in [6.07, 6.45) is 6.40. The van der Waals surface area contributed by atoms with Gasteiger partial charge in [-0.3, -0.25) is 18.9 Å². The molecule has 1 atom stereocenters. The molecule has 2 aromatic carbocycles. The van der Waals surface area contributed by atoms with Crippen LogP contribution in [-0.2, 0) is 4.79 Å². The van der Waals surface area contributed by atoms with E-state index in [1.54, 1.807) is 55.0 Å². The average molecular weight is 532 g/mol. The molecule has 0 fully saturated rings. The van der Waals surface area contributed by atoms with E-state index in [9.17, 15) is 9.59 Å². The predicted octanol–water partition coefficient (Wildman–Crippen LogP) is 5.20. The zero-order chi connectivity index (χ0) is 25.9. The number of ether oxygens (including phenoxy) is 1.